The lowest BCUT2D eigenvalue weighted by Gasteiger charge is -2.18. The molecule has 3 nitrogen and oxygen atoms in total. The van der Waals surface area contributed by atoms with Gasteiger partial charge in [0.1, 0.15) is 17.6 Å². The molecule has 0 aliphatic carbocycles. The van der Waals surface area contributed by atoms with E-state index in [0.29, 0.717) is 5.75 Å². The largest absolute Gasteiger partial charge is 0.496 e. The van der Waals surface area contributed by atoms with Gasteiger partial charge < -0.3 is 14.3 Å². The Labute approximate surface area is 107 Å². The number of aliphatic hydroxyl groups is 1. The molecule has 0 bridgehead atoms. The first-order valence-corrected chi connectivity index (χ1v) is 5.91. The van der Waals surface area contributed by atoms with Crippen LogP contribution in [0.3, 0.4) is 0 Å². The third kappa shape index (κ3) is 2.14. The fourth-order valence-electron chi connectivity index (χ4n) is 2.29. The average molecular weight is 246 g/mol. The summed E-state index contributed by atoms with van der Waals surface area (Å²) in [5.74, 6) is 1.44. The molecule has 0 saturated carbocycles. The molecule has 1 aromatic heterocycles. The summed E-state index contributed by atoms with van der Waals surface area (Å²) in [5, 5.41) is 10.5. The quantitative estimate of drug-likeness (QED) is 0.903. The summed E-state index contributed by atoms with van der Waals surface area (Å²) in [7, 11) is 1.62. The van der Waals surface area contributed by atoms with Crippen molar-refractivity contribution >= 4 is 0 Å². The van der Waals surface area contributed by atoms with Gasteiger partial charge in [0.2, 0.25) is 0 Å². The highest BCUT2D eigenvalue weighted by atomic mass is 16.5. The van der Waals surface area contributed by atoms with E-state index in [0.717, 1.165) is 28.0 Å². The number of hydrogen-bond donors (Lipinski definition) is 1. The van der Waals surface area contributed by atoms with E-state index in [4.69, 9.17) is 9.15 Å². The molecule has 96 valence electrons. The van der Waals surface area contributed by atoms with Crippen LogP contribution in [-0.4, -0.2) is 12.2 Å². The van der Waals surface area contributed by atoms with Crippen LogP contribution in [0.1, 0.15) is 34.1 Å². The van der Waals surface area contributed by atoms with Crippen molar-refractivity contribution in [2.24, 2.45) is 0 Å². The lowest BCUT2D eigenvalue weighted by Crippen LogP contribution is -2.05. The molecule has 0 radical (unpaired) electrons. The topological polar surface area (TPSA) is 42.6 Å². The van der Waals surface area contributed by atoms with Crippen molar-refractivity contribution in [3.8, 4) is 5.75 Å². The van der Waals surface area contributed by atoms with Gasteiger partial charge in [0.25, 0.3) is 0 Å². The Morgan fingerprint density at radius 2 is 1.94 bits per heavy atom. The SMILES string of the molecule is COc1cc(C)cc(C)c1C(O)c1ccoc1C. The number of benzene rings is 1. The Balaban J connectivity index is 2.54. The van der Waals surface area contributed by atoms with E-state index in [-0.39, 0.29) is 0 Å². The van der Waals surface area contributed by atoms with Crippen LogP contribution in [0.5, 0.6) is 5.75 Å². The molecule has 0 fully saturated rings. The van der Waals surface area contributed by atoms with Crippen molar-refractivity contribution in [2.45, 2.75) is 26.9 Å². The second kappa shape index (κ2) is 4.86. The van der Waals surface area contributed by atoms with Crippen molar-refractivity contribution in [1.29, 1.82) is 0 Å². The molecule has 0 aliphatic heterocycles. The first kappa shape index (κ1) is 12.7. The molecule has 1 heterocycles. The van der Waals surface area contributed by atoms with E-state index in [1.807, 2.05) is 32.9 Å². The van der Waals surface area contributed by atoms with E-state index >= 15 is 0 Å². The van der Waals surface area contributed by atoms with Crippen LogP contribution in [0.15, 0.2) is 28.9 Å². The molecule has 18 heavy (non-hydrogen) atoms. The zero-order chi connectivity index (χ0) is 13.3. The molecule has 0 aliphatic rings. The normalized spacial score (nSPS) is 12.5. The van der Waals surface area contributed by atoms with Crippen LogP contribution in [0.4, 0.5) is 0 Å². The monoisotopic (exact) mass is 246 g/mol. The molecule has 1 atom stereocenters. The first-order valence-electron chi connectivity index (χ1n) is 5.91. The maximum absolute atomic E-state index is 10.5. The van der Waals surface area contributed by atoms with Gasteiger partial charge in [0, 0.05) is 11.1 Å². The van der Waals surface area contributed by atoms with E-state index in [1.165, 1.54) is 0 Å². The molecule has 0 amide bonds. The van der Waals surface area contributed by atoms with Crippen molar-refractivity contribution in [1.82, 2.24) is 0 Å². The molecule has 2 aromatic rings. The molecule has 1 N–H and O–H groups in total. The summed E-state index contributed by atoms with van der Waals surface area (Å²) in [6, 6.07) is 5.76. The van der Waals surface area contributed by atoms with Crippen LogP contribution in [-0.2, 0) is 0 Å². The maximum atomic E-state index is 10.5. The van der Waals surface area contributed by atoms with Crippen LogP contribution in [0, 0.1) is 20.8 Å². The number of aliphatic hydroxyl groups excluding tert-OH is 1. The molecule has 0 saturated heterocycles. The highest BCUT2D eigenvalue weighted by Crippen LogP contribution is 2.35. The second-order valence-electron chi connectivity index (χ2n) is 4.53. The van der Waals surface area contributed by atoms with E-state index in [2.05, 4.69) is 0 Å². The second-order valence-corrected chi connectivity index (χ2v) is 4.53. The highest BCUT2D eigenvalue weighted by Gasteiger charge is 2.21. The minimum Gasteiger partial charge on any atom is -0.496 e. The highest BCUT2D eigenvalue weighted by molar-refractivity contribution is 5.47. The van der Waals surface area contributed by atoms with Crippen LogP contribution >= 0.6 is 0 Å². The van der Waals surface area contributed by atoms with Gasteiger partial charge in [-0.05, 0) is 44.0 Å². The predicted molar refractivity (Wildman–Crippen MR) is 70.0 cm³/mol. The van der Waals surface area contributed by atoms with E-state index < -0.39 is 6.10 Å². The van der Waals surface area contributed by atoms with E-state index in [1.54, 1.807) is 19.4 Å². The lowest BCUT2D eigenvalue weighted by atomic mass is 9.95. The Morgan fingerprint density at radius 1 is 1.22 bits per heavy atom. The summed E-state index contributed by atoms with van der Waals surface area (Å²) in [4.78, 5) is 0. The number of aryl methyl sites for hydroxylation is 3. The minimum absolute atomic E-state index is 0.709. The third-order valence-corrected chi connectivity index (χ3v) is 3.18. The predicted octanol–water partition coefficient (Wildman–Crippen LogP) is 3.30. The Hall–Kier alpha value is -1.74. The first-order chi connectivity index (χ1) is 8.54. The van der Waals surface area contributed by atoms with Gasteiger partial charge >= 0.3 is 0 Å². The molecule has 0 spiro atoms. The summed E-state index contributed by atoms with van der Waals surface area (Å²) in [6.45, 7) is 5.83. The van der Waals surface area contributed by atoms with E-state index in [9.17, 15) is 5.11 Å². The average Bonchev–Trinajstić information content (AvgIpc) is 2.73. The van der Waals surface area contributed by atoms with Gasteiger partial charge in [-0.2, -0.15) is 0 Å². The van der Waals surface area contributed by atoms with Gasteiger partial charge in [-0.25, -0.2) is 0 Å². The van der Waals surface area contributed by atoms with Crippen molar-refractivity contribution in [2.75, 3.05) is 7.11 Å². The molecule has 2 rings (SSSR count). The Morgan fingerprint density at radius 3 is 2.50 bits per heavy atom. The summed E-state index contributed by atoms with van der Waals surface area (Å²) in [6.07, 6.45) is 0.864. The molecule has 1 aromatic carbocycles. The molecule has 3 heteroatoms. The lowest BCUT2D eigenvalue weighted by molar-refractivity contribution is 0.211. The zero-order valence-corrected chi connectivity index (χ0v) is 11.2. The third-order valence-electron chi connectivity index (χ3n) is 3.18. The van der Waals surface area contributed by atoms with Gasteiger partial charge in [0.05, 0.1) is 13.4 Å². The molecule has 1 unspecified atom stereocenters. The summed E-state index contributed by atoms with van der Waals surface area (Å²) >= 11 is 0. The number of furan rings is 1. The fourth-order valence-corrected chi connectivity index (χ4v) is 2.29. The van der Waals surface area contributed by atoms with Crippen molar-refractivity contribution in [3.63, 3.8) is 0 Å². The van der Waals surface area contributed by atoms with Gasteiger partial charge in [-0.15, -0.1) is 0 Å². The van der Waals surface area contributed by atoms with Crippen molar-refractivity contribution < 1.29 is 14.3 Å². The fraction of sp³-hybridized carbons (Fsp3) is 0.333. The zero-order valence-electron chi connectivity index (χ0n) is 11.2. The molecular weight excluding hydrogens is 228 g/mol. The number of ether oxygens (including phenoxy) is 1. The number of rotatable bonds is 3. The standard InChI is InChI=1S/C15H18O3/c1-9-7-10(2)14(13(8-9)17-4)15(16)12-5-6-18-11(12)3/h5-8,15-16H,1-4H3. The Kier molecular flexibility index (Phi) is 3.43. The van der Waals surface area contributed by atoms with Gasteiger partial charge in [0.15, 0.2) is 0 Å². The summed E-state index contributed by atoms with van der Waals surface area (Å²) < 4.78 is 10.6. The van der Waals surface area contributed by atoms with Crippen LogP contribution in [0.2, 0.25) is 0 Å². The smallest absolute Gasteiger partial charge is 0.125 e. The summed E-state index contributed by atoms with van der Waals surface area (Å²) in [5.41, 5.74) is 3.71. The number of hydrogen-bond acceptors (Lipinski definition) is 3. The van der Waals surface area contributed by atoms with Gasteiger partial charge in [-0.1, -0.05) is 6.07 Å². The van der Waals surface area contributed by atoms with Crippen LogP contribution in [0.25, 0.3) is 0 Å². The maximum Gasteiger partial charge on any atom is 0.125 e. The van der Waals surface area contributed by atoms with Crippen LogP contribution < -0.4 is 4.74 Å². The Bertz CT molecular complexity index is 555. The van der Waals surface area contributed by atoms with Gasteiger partial charge in [-0.3, -0.25) is 0 Å². The minimum atomic E-state index is -0.723. The van der Waals surface area contributed by atoms with Crippen molar-refractivity contribution in [3.05, 3.63) is 52.5 Å². The molecular formula is C15H18O3. The number of methoxy groups -OCH3 is 1.